The molecule has 1 aliphatic heterocycles. The van der Waals surface area contributed by atoms with E-state index >= 15 is 0 Å². The molecule has 1 amide bonds. The van der Waals surface area contributed by atoms with E-state index in [1.54, 1.807) is 24.0 Å². The van der Waals surface area contributed by atoms with Crippen LogP contribution in [0.1, 0.15) is 29.8 Å². The van der Waals surface area contributed by atoms with Crippen LogP contribution in [0.15, 0.2) is 77.7 Å². The molecule has 0 saturated carbocycles. The van der Waals surface area contributed by atoms with Gasteiger partial charge in [0.05, 0.1) is 37.4 Å². The fourth-order valence-electron chi connectivity index (χ4n) is 4.83. The molecule has 8 nitrogen and oxygen atoms in total. The second-order valence-electron chi connectivity index (χ2n) is 9.98. The van der Waals surface area contributed by atoms with Gasteiger partial charge in [0.1, 0.15) is 5.75 Å². The van der Waals surface area contributed by atoms with Crippen LogP contribution in [0.3, 0.4) is 0 Å². The van der Waals surface area contributed by atoms with E-state index in [4.69, 9.17) is 9.47 Å². The molecule has 0 spiro atoms. The Morgan fingerprint density at radius 3 is 2.28 bits per heavy atom. The Kier molecular flexibility index (Phi) is 9.07. The molecular weight excluding hydrogens is 516 g/mol. The lowest BCUT2D eigenvalue weighted by molar-refractivity contribution is -0.0146. The van der Waals surface area contributed by atoms with Crippen LogP contribution in [0.2, 0.25) is 0 Å². The highest BCUT2D eigenvalue weighted by atomic mass is 32.2. The van der Waals surface area contributed by atoms with Gasteiger partial charge in [-0.05, 0) is 53.9 Å². The summed E-state index contributed by atoms with van der Waals surface area (Å²) >= 11 is 0. The second-order valence-corrected chi connectivity index (χ2v) is 12.0. The van der Waals surface area contributed by atoms with Crippen molar-refractivity contribution in [1.29, 1.82) is 0 Å². The molecule has 1 N–H and O–H groups in total. The Labute approximate surface area is 230 Å². The van der Waals surface area contributed by atoms with E-state index in [9.17, 15) is 18.3 Å². The number of nitrogens with zero attached hydrogens (tertiary/aromatic N) is 2. The van der Waals surface area contributed by atoms with Crippen molar-refractivity contribution >= 4 is 15.9 Å². The van der Waals surface area contributed by atoms with E-state index in [2.05, 4.69) is 0 Å². The van der Waals surface area contributed by atoms with E-state index in [1.807, 2.05) is 55.5 Å². The van der Waals surface area contributed by atoms with Gasteiger partial charge in [-0.25, -0.2) is 8.42 Å². The number of likely N-dealkylation sites (N-methyl/N-ethyl adjacent to an activating group) is 1. The van der Waals surface area contributed by atoms with Gasteiger partial charge in [-0.1, -0.05) is 49.4 Å². The smallest absolute Gasteiger partial charge is 0.254 e. The summed E-state index contributed by atoms with van der Waals surface area (Å²) < 4.78 is 39.7. The van der Waals surface area contributed by atoms with Crippen LogP contribution in [-0.2, 0) is 21.4 Å². The average Bonchev–Trinajstić information content (AvgIpc) is 2.98. The molecule has 0 saturated heterocycles. The van der Waals surface area contributed by atoms with E-state index in [1.165, 1.54) is 30.6 Å². The summed E-state index contributed by atoms with van der Waals surface area (Å²) in [5.41, 5.74) is 3.13. The topological polar surface area (TPSA) is 96.4 Å². The number of hydrogen-bond donors (Lipinski definition) is 1. The van der Waals surface area contributed by atoms with Gasteiger partial charge in [0, 0.05) is 31.6 Å². The molecule has 9 heteroatoms. The highest BCUT2D eigenvalue weighted by Crippen LogP contribution is 2.31. The molecule has 0 aliphatic carbocycles. The van der Waals surface area contributed by atoms with Gasteiger partial charge < -0.3 is 19.5 Å². The number of fused-ring (bicyclic) bond motifs is 3. The number of benzene rings is 3. The van der Waals surface area contributed by atoms with Gasteiger partial charge in [0.2, 0.25) is 10.0 Å². The molecule has 3 aromatic rings. The molecule has 4 rings (SSSR count). The summed E-state index contributed by atoms with van der Waals surface area (Å²) in [5, 5.41) is 10.0. The SMILES string of the molecule is COc1ccc(S(=O)(=O)N(C)C[C@@H]2OCc3ccccc3-c3ccccc3C(=O)N([C@@H](C)CO)C[C@@H]2C)cc1. The maximum atomic E-state index is 13.9. The van der Waals surface area contributed by atoms with Gasteiger partial charge in [-0.15, -0.1) is 0 Å². The lowest BCUT2D eigenvalue weighted by Crippen LogP contribution is -2.47. The maximum Gasteiger partial charge on any atom is 0.254 e. The summed E-state index contributed by atoms with van der Waals surface area (Å²) in [6, 6.07) is 21.0. The zero-order valence-electron chi connectivity index (χ0n) is 22.8. The van der Waals surface area contributed by atoms with Gasteiger partial charge in [0.25, 0.3) is 5.91 Å². The average molecular weight is 553 g/mol. The minimum Gasteiger partial charge on any atom is -0.497 e. The number of amides is 1. The Morgan fingerprint density at radius 2 is 1.64 bits per heavy atom. The van der Waals surface area contributed by atoms with Gasteiger partial charge in [-0.2, -0.15) is 4.31 Å². The summed E-state index contributed by atoms with van der Waals surface area (Å²) in [6.07, 6.45) is -0.529. The molecule has 1 heterocycles. The molecule has 0 bridgehead atoms. The number of carbonyl (C=O) groups is 1. The van der Waals surface area contributed by atoms with Crippen LogP contribution in [0.4, 0.5) is 0 Å². The zero-order valence-corrected chi connectivity index (χ0v) is 23.6. The van der Waals surface area contributed by atoms with Crippen molar-refractivity contribution in [3.63, 3.8) is 0 Å². The largest absolute Gasteiger partial charge is 0.497 e. The molecule has 3 atom stereocenters. The predicted molar refractivity (Wildman–Crippen MR) is 150 cm³/mol. The normalized spacial score (nSPS) is 19.1. The Bertz CT molecular complexity index is 1390. The third-order valence-corrected chi connectivity index (χ3v) is 9.14. The summed E-state index contributed by atoms with van der Waals surface area (Å²) in [5.74, 6) is 0.141. The van der Waals surface area contributed by atoms with Crippen molar-refractivity contribution in [1.82, 2.24) is 9.21 Å². The lowest BCUT2D eigenvalue weighted by atomic mass is 9.94. The molecule has 0 unspecified atom stereocenters. The van der Waals surface area contributed by atoms with E-state index in [0.717, 1.165) is 16.7 Å². The Balaban J connectivity index is 1.71. The van der Waals surface area contributed by atoms with Crippen molar-refractivity contribution in [3.05, 3.63) is 83.9 Å². The molecule has 0 radical (unpaired) electrons. The fourth-order valence-corrected chi connectivity index (χ4v) is 6.01. The predicted octanol–water partition coefficient (Wildman–Crippen LogP) is 4.04. The summed E-state index contributed by atoms with van der Waals surface area (Å²) in [4.78, 5) is 15.7. The van der Waals surface area contributed by atoms with E-state index in [0.29, 0.717) is 11.3 Å². The van der Waals surface area contributed by atoms with Crippen LogP contribution < -0.4 is 4.74 Å². The molecular formula is C30H36N2O6S. The molecule has 3 aromatic carbocycles. The molecule has 39 heavy (non-hydrogen) atoms. The van der Waals surface area contributed by atoms with Gasteiger partial charge >= 0.3 is 0 Å². The van der Waals surface area contributed by atoms with Crippen LogP contribution >= 0.6 is 0 Å². The number of methoxy groups -OCH3 is 1. The first-order valence-corrected chi connectivity index (χ1v) is 14.4. The van der Waals surface area contributed by atoms with Gasteiger partial charge in [0.15, 0.2) is 0 Å². The standard InChI is InChI=1S/C30H36N2O6S/c1-21-17-32(22(2)19-33)30(34)28-12-8-7-11-27(28)26-10-6-5-9-23(26)20-38-29(21)18-31(3)39(35,36)25-15-13-24(37-4)14-16-25/h5-16,21-22,29,33H,17-20H2,1-4H3/t21-,22-,29-/m0/s1. The zero-order chi connectivity index (χ0) is 28.2. The summed E-state index contributed by atoms with van der Waals surface area (Å²) in [7, 11) is -0.746. The quantitative estimate of drug-likeness (QED) is 0.475. The third-order valence-electron chi connectivity index (χ3n) is 7.30. The van der Waals surface area contributed by atoms with Crippen molar-refractivity contribution in [2.75, 3.05) is 33.9 Å². The molecule has 0 aromatic heterocycles. The second kappa shape index (κ2) is 12.3. The molecule has 1 aliphatic rings. The van der Waals surface area contributed by atoms with Crippen molar-refractivity contribution in [3.8, 4) is 16.9 Å². The first-order chi connectivity index (χ1) is 18.7. The minimum absolute atomic E-state index is 0.0835. The van der Waals surface area contributed by atoms with Crippen molar-refractivity contribution < 1.29 is 27.8 Å². The number of rotatable bonds is 7. The number of hydrogen-bond acceptors (Lipinski definition) is 6. The first-order valence-electron chi connectivity index (χ1n) is 13.0. The molecule has 208 valence electrons. The number of carbonyl (C=O) groups excluding carboxylic acids is 1. The third kappa shape index (κ3) is 6.17. The maximum absolute atomic E-state index is 13.9. The number of aliphatic hydroxyl groups is 1. The highest BCUT2D eigenvalue weighted by Gasteiger charge is 2.32. The van der Waals surface area contributed by atoms with Crippen LogP contribution in [0.25, 0.3) is 11.1 Å². The monoisotopic (exact) mass is 552 g/mol. The highest BCUT2D eigenvalue weighted by molar-refractivity contribution is 7.89. The lowest BCUT2D eigenvalue weighted by Gasteiger charge is -2.35. The first kappa shape index (κ1) is 28.8. The minimum atomic E-state index is -3.80. The van der Waals surface area contributed by atoms with Crippen LogP contribution in [0.5, 0.6) is 5.75 Å². The Morgan fingerprint density at radius 1 is 1.03 bits per heavy atom. The van der Waals surface area contributed by atoms with Gasteiger partial charge in [-0.3, -0.25) is 4.79 Å². The number of aliphatic hydroxyl groups excluding tert-OH is 1. The van der Waals surface area contributed by atoms with Crippen molar-refractivity contribution in [2.24, 2.45) is 5.92 Å². The summed E-state index contributed by atoms with van der Waals surface area (Å²) in [6.45, 7) is 4.16. The van der Waals surface area contributed by atoms with Crippen molar-refractivity contribution in [2.45, 2.75) is 37.5 Å². The van der Waals surface area contributed by atoms with Crippen LogP contribution in [0, 0.1) is 5.92 Å². The number of ether oxygens (including phenoxy) is 2. The van der Waals surface area contributed by atoms with Crippen LogP contribution in [-0.4, -0.2) is 74.6 Å². The van der Waals surface area contributed by atoms with E-state index < -0.39 is 22.2 Å². The molecule has 0 fully saturated rings. The Hall–Kier alpha value is -3.24. The fraction of sp³-hybridized carbons (Fsp3) is 0.367. The van der Waals surface area contributed by atoms with E-state index in [-0.39, 0.29) is 43.0 Å². The number of sulfonamides is 1.